The molecule has 2 fully saturated rings. The first-order valence-corrected chi connectivity index (χ1v) is 11.5. The van der Waals surface area contributed by atoms with Crippen LogP contribution >= 0.6 is 11.6 Å². The molecule has 1 spiro atoms. The zero-order valence-corrected chi connectivity index (χ0v) is 19.5. The van der Waals surface area contributed by atoms with Crippen LogP contribution in [0.15, 0.2) is 18.2 Å². The molecule has 1 aromatic carbocycles. The summed E-state index contributed by atoms with van der Waals surface area (Å²) in [5.74, 6) is 6.66. The minimum Gasteiger partial charge on any atom is -0.437 e. The van der Waals surface area contributed by atoms with Gasteiger partial charge in [-0.05, 0) is 50.8 Å². The van der Waals surface area contributed by atoms with Crippen LogP contribution in [-0.4, -0.2) is 53.3 Å². The summed E-state index contributed by atoms with van der Waals surface area (Å²) in [6, 6.07) is 5.83. The van der Waals surface area contributed by atoms with Crippen LogP contribution in [0.1, 0.15) is 57.6 Å². The molecule has 1 amide bonds. The van der Waals surface area contributed by atoms with Crippen molar-refractivity contribution < 1.29 is 22.7 Å². The maximum Gasteiger partial charge on any atom is 0.425 e. The Morgan fingerprint density at radius 1 is 1.19 bits per heavy atom. The number of carbonyl (C=O) groups excluding carboxylic acids is 1. The van der Waals surface area contributed by atoms with Crippen molar-refractivity contribution in [2.45, 2.75) is 70.8 Å². The Kier molecular flexibility index (Phi) is 7.67. The Balaban J connectivity index is 1.68. The summed E-state index contributed by atoms with van der Waals surface area (Å²) in [4.78, 5) is 16.0. The average Bonchev–Trinajstić information content (AvgIpc) is 3.08. The number of alkyl halides is 3. The largest absolute Gasteiger partial charge is 0.437 e. The first-order chi connectivity index (χ1) is 15.0. The number of likely N-dealkylation sites (tertiary alicyclic amines) is 2. The van der Waals surface area contributed by atoms with Gasteiger partial charge in [-0.25, -0.2) is 4.79 Å². The van der Waals surface area contributed by atoms with E-state index in [1.54, 1.807) is 0 Å². The number of nitrogens with zero attached hydrogens (tertiary/aromatic N) is 2. The Labute approximate surface area is 193 Å². The van der Waals surface area contributed by atoms with Crippen LogP contribution in [-0.2, 0) is 11.3 Å². The standard InChI is InChI=1S/C24H30ClF3N2O2/c1-17(2)8-9-20-19(6-4-7-21(20)25)16-30-13-5-10-23(30)11-14-29(15-12-23)22(31)32-18(3)24(26,27)28/h4,6-7,17-18H,5,10-16H2,1-3H3. The van der Waals surface area contributed by atoms with Crippen molar-refractivity contribution in [2.24, 2.45) is 5.92 Å². The molecule has 1 aromatic rings. The SMILES string of the molecule is CC(C)C#Cc1c(Cl)cccc1CN1CCCC12CCN(C(=O)OC(C)C(F)(F)F)CC2. The molecule has 0 radical (unpaired) electrons. The summed E-state index contributed by atoms with van der Waals surface area (Å²) in [7, 11) is 0. The highest BCUT2D eigenvalue weighted by atomic mass is 35.5. The van der Waals surface area contributed by atoms with E-state index in [9.17, 15) is 18.0 Å². The van der Waals surface area contributed by atoms with Crippen molar-refractivity contribution in [3.05, 3.63) is 34.3 Å². The van der Waals surface area contributed by atoms with Crippen LogP contribution in [0.4, 0.5) is 18.0 Å². The zero-order chi connectivity index (χ0) is 23.5. The monoisotopic (exact) mass is 470 g/mol. The maximum absolute atomic E-state index is 12.7. The topological polar surface area (TPSA) is 32.8 Å². The van der Waals surface area contributed by atoms with Gasteiger partial charge in [0.25, 0.3) is 0 Å². The molecule has 1 unspecified atom stereocenters. The highest BCUT2D eigenvalue weighted by molar-refractivity contribution is 6.31. The van der Waals surface area contributed by atoms with E-state index in [0.29, 0.717) is 37.5 Å². The number of benzene rings is 1. The van der Waals surface area contributed by atoms with Crippen molar-refractivity contribution in [1.82, 2.24) is 9.80 Å². The Bertz CT molecular complexity index is 883. The fraction of sp³-hybridized carbons (Fsp3) is 0.625. The Morgan fingerprint density at radius 2 is 1.88 bits per heavy atom. The summed E-state index contributed by atoms with van der Waals surface area (Å²) in [6.45, 7) is 7.33. The van der Waals surface area contributed by atoms with Gasteiger partial charge in [0.2, 0.25) is 0 Å². The molecular weight excluding hydrogens is 441 g/mol. The summed E-state index contributed by atoms with van der Waals surface area (Å²) in [6.07, 6.45) is -4.10. The van der Waals surface area contributed by atoms with E-state index in [4.69, 9.17) is 11.6 Å². The number of hydrogen-bond donors (Lipinski definition) is 0. The number of halogens is 4. The second-order valence-electron chi connectivity index (χ2n) is 9.00. The lowest BCUT2D eigenvalue weighted by Crippen LogP contribution is -2.53. The molecule has 2 saturated heterocycles. The normalized spacial score (nSPS) is 19.7. The van der Waals surface area contributed by atoms with E-state index in [1.807, 2.05) is 32.0 Å². The van der Waals surface area contributed by atoms with Crippen LogP contribution in [0.5, 0.6) is 0 Å². The summed E-state index contributed by atoms with van der Waals surface area (Å²) in [5.41, 5.74) is 1.86. The Hall–Kier alpha value is -1.91. The maximum atomic E-state index is 12.7. The van der Waals surface area contributed by atoms with E-state index in [1.165, 1.54) is 4.90 Å². The zero-order valence-electron chi connectivity index (χ0n) is 18.8. The molecule has 32 heavy (non-hydrogen) atoms. The molecule has 0 aromatic heterocycles. The molecule has 2 aliphatic heterocycles. The minimum absolute atomic E-state index is 0.0719. The van der Waals surface area contributed by atoms with E-state index in [2.05, 4.69) is 21.5 Å². The van der Waals surface area contributed by atoms with Gasteiger partial charge in [-0.1, -0.05) is 49.4 Å². The van der Waals surface area contributed by atoms with Gasteiger partial charge in [0, 0.05) is 36.7 Å². The fourth-order valence-electron chi connectivity index (χ4n) is 4.47. The van der Waals surface area contributed by atoms with Crippen molar-refractivity contribution in [3.8, 4) is 11.8 Å². The molecule has 1 atom stereocenters. The van der Waals surface area contributed by atoms with E-state index < -0.39 is 18.4 Å². The first kappa shape index (κ1) is 24.7. The highest BCUT2D eigenvalue weighted by Gasteiger charge is 2.45. The second-order valence-corrected chi connectivity index (χ2v) is 9.41. The van der Waals surface area contributed by atoms with Crippen molar-refractivity contribution in [2.75, 3.05) is 19.6 Å². The molecule has 0 N–H and O–H groups in total. The van der Waals surface area contributed by atoms with E-state index in [-0.39, 0.29) is 11.5 Å². The second kappa shape index (κ2) is 9.93. The van der Waals surface area contributed by atoms with Crippen molar-refractivity contribution in [1.29, 1.82) is 0 Å². The molecule has 2 heterocycles. The van der Waals surface area contributed by atoms with Crippen molar-refractivity contribution >= 4 is 17.7 Å². The number of carbonyl (C=O) groups is 1. The smallest absolute Gasteiger partial charge is 0.425 e. The van der Waals surface area contributed by atoms with Crippen LogP contribution in [0.3, 0.4) is 0 Å². The third-order valence-electron chi connectivity index (χ3n) is 6.38. The molecule has 176 valence electrons. The van der Waals surface area contributed by atoms with Gasteiger partial charge in [0.15, 0.2) is 6.10 Å². The molecular formula is C24H30ClF3N2O2. The molecule has 0 bridgehead atoms. The van der Waals surface area contributed by atoms with Crippen LogP contribution in [0, 0.1) is 17.8 Å². The fourth-order valence-corrected chi connectivity index (χ4v) is 4.71. The highest BCUT2D eigenvalue weighted by Crippen LogP contribution is 2.40. The quantitative estimate of drug-likeness (QED) is 0.518. The van der Waals surface area contributed by atoms with E-state index >= 15 is 0 Å². The number of rotatable bonds is 3. The Morgan fingerprint density at radius 3 is 2.50 bits per heavy atom. The molecule has 8 heteroatoms. The number of amides is 1. The number of piperidine rings is 1. The molecule has 0 saturated carbocycles. The van der Waals surface area contributed by atoms with Gasteiger partial charge >= 0.3 is 12.3 Å². The predicted octanol–water partition coefficient (Wildman–Crippen LogP) is 5.87. The lowest BCUT2D eigenvalue weighted by Gasteiger charge is -2.45. The lowest BCUT2D eigenvalue weighted by atomic mass is 9.84. The van der Waals surface area contributed by atoms with Crippen LogP contribution in [0.25, 0.3) is 0 Å². The first-order valence-electron chi connectivity index (χ1n) is 11.1. The van der Waals surface area contributed by atoms with Gasteiger partial charge in [-0.3, -0.25) is 4.90 Å². The summed E-state index contributed by atoms with van der Waals surface area (Å²) >= 11 is 6.44. The molecule has 2 aliphatic rings. The van der Waals surface area contributed by atoms with Gasteiger partial charge in [-0.2, -0.15) is 13.2 Å². The van der Waals surface area contributed by atoms with E-state index in [0.717, 1.165) is 37.4 Å². The minimum atomic E-state index is -4.55. The van der Waals surface area contributed by atoms with Crippen LogP contribution in [0.2, 0.25) is 5.02 Å². The molecule has 4 nitrogen and oxygen atoms in total. The number of hydrogen-bond acceptors (Lipinski definition) is 3. The molecule has 0 aliphatic carbocycles. The predicted molar refractivity (Wildman–Crippen MR) is 118 cm³/mol. The molecule has 3 rings (SSSR count). The van der Waals surface area contributed by atoms with Gasteiger partial charge in [-0.15, -0.1) is 0 Å². The summed E-state index contributed by atoms with van der Waals surface area (Å²) < 4.78 is 42.8. The van der Waals surface area contributed by atoms with Gasteiger partial charge in [0.1, 0.15) is 0 Å². The van der Waals surface area contributed by atoms with Gasteiger partial charge in [0.05, 0.1) is 5.02 Å². The lowest BCUT2D eigenvalue weighted by molar-refractivity contribution is -0.200. The van der Waals surface area contributed by atoms with Crippen molar-refractivity contribution in [3.63, 3.8) is 0 Å². The van der Waals surface area contributed by atoms with Gasteiger partial charge < -0.3 is 9.64 Å². The summed E-state index contributed by atoms with van der Waals surface area (Å²) in [5, 5.41) is 0.639. The third kappa shape index (κ3) is 5.71. The third-order valence-corrected chi connectivity index (χ3v) is 6.69. The number of ether oxygens (including phenoxy) is 1. The average molecular weight is 471 g/mol. The van der Waals surface area contributed by atoms with Crippen LogP contribution < -0.4 is 0 Å².